The molecule has 34 heavy (non-hydrogen) atoms. The van der Waals surface area contributed by atoms with Crippen LogP contribution >= 0.6 is 11.6 Å². The fourth-order valence-corrected chi connectivity index (χ4v) is 4.65. The van der Waals surface area contributed by atoms with Crippen molar-refractivity contribution < 1.29 is 14.7 Å². The molecule has 3 N–H and O–H groups in total. The second-order valence-electron chi connectivity index (χ2n) is 9.92. The van der Waals surface area contributed by atoms with E-state index in [4.69, 9.17) is 11.6 Å². The van der Waals surface area contributed by atoms with E-state index in [9.17, 15) is 14.7 Å². The lowest BCUT2D eigenvalue weighted by molar-refractivity contribution is -0.155. The normalized spacial score (nSPS) is 20.6. The molecular weight excluding hydrogens is 452 g/mol. The molecule has 2 aromatic rings. The number of hydrogen-bond donors (Lipinski definition) is 3. The average molecular weight is 487 g/mol. The van der Waals surface area contributed by atoms with Gasteiger partial charge >= 0.3 is 0 Å². The molecule has 1 aromatic carbocycles. The van der Waals surface area contributed by atoms with Crippen LogP contribution in [0.15, 0.2) is 42.6 Å². The van der Waals surface area contributed by atoms with Gasteiger partial charge in [-0.3, -0.25) is 9.59 Å². The Bertz CT molecular complexity index is 1010. The largest absolute Gasteiger partial charge is 0.384 e. The van der Waals surface area contributed by atoms with Crippen molar-refractivity contribution in [2.24, 2.45) is 11.3 Å². The van der Waals surface area contributed by atoms with Gasteiger partial charge < -0.3 is 20.6 Å². The second kappa shape index (κ2) is 10.3. The summed E-state index contributed by atoms with van der Waals surface area (Å²) in [5, 5.41) is 18.2. The highest BCUT2D eigenvalue weighted by atomic mass is 35.5. The molecule has 8 heteroatoms. The third-order valence-corrected chi connectivity index (χ3v) is 6.94. The number of carbonyl (C=O) groups is 2. The number of aromatic nitrogens is 1. The first-order valence-electron chi connectivity index (χ1n) is 11.8. The number of nitrogens with zero attached hydrogens (tertiary/aromatic N) is 2. The number of rotatable bonds is 7. The summed E-state index contributed by atoms with van der Waals surface area (Å²) in [5.74, 6) is 0.105. The first kappa shape index (κ1) is 26.0. The second-order valence-corrected chi connectivity index (χ2v) is 10.4. The van der Waals surface area contributed by atoms with E-state index >= 15 is 0 Å². The summed E-state index contributed by atoms with van der Waals surface area (Å²) in [6, 6.07) is 9.98. The van der Waals surface area contributed by atoms with Gasteiger partial charge in [-0.05, 0) is 49.1 Å². The number of hydrogen-bond acceptors (Lipinski definition) is 5. The Hall–Kier alpha value is -2.64. The highest BCUT2D eigenvalue weighted by Gasteiger charge is 2.50. The highest BCUT2D eigenvalue weighted by molar-refractivity contribution is 6.30. The zero-order chi connectivity index (χ0) is 25.1. The van der Waals surface area contributed by atoms with Gasteiger partial charge in [0.05, 0.1) is 11.2 Å². The Morgan fingerprint density at radius 3 is 2.38 bits per heavy atom. The number of carbonyl (C=O) groups excluding carboxylic acids is 2. The summed E-state index contributed by atoms with van der Waals surface area (Å²) >= 11 is 6.03. The summed E-state index contributed by atoms with van der Waals surface area (Å²) in [4.78, 5) is 32.4. The van der Waals surface area contributed by atoms with E-state index < -0.39 is 17.1 Å². The van der Waals surface area contributed by atoms with Gasteiger partial charge in [0.2, 0.25) is 5.91 Å². The van der Waals surface area contributed by atoms with Crippen LogP contribution in [0.3, 0.4) is 0 Å². The lowest BCUT2D eigenvalue weighted by Gasteiger charge is -2.51. The predicted octanol–water partition coefficient (Wildman–Crippen LogP) is 4.07. The molecule has 2 heterocycles. The molecule has 0 spiro atoms. The Kier molecular flexibility index (Phi) is 7.88. The molecular formula is C26H35ClN4O3. The molecule has 0 unspecified atom stereocenters. The number of aliphatic hydroxyl groups is 1. The van der Waals surface area contributed by atoms with Crippen LogP contribution in [0.4, 0.5) is 5.82 Å². The number of anilines is 1. The molecule has 184 valence electrons. The van der Waals surface area contributed by atoms with Crippen LogP contribution in [0.1, 0.15) is 57.0 Å². The van der Waals surface area contributed by atoms with Crippen molar-refractivity contribution in [3.05, 3.63) is 58.7 Å². The van der Waals surface area contributed by atoms with Crippen LogP contribution in [0, 0.1) is 11.3 Å². The molecule has 0 aliphatic carbocycles. The molecule has 1 saturated heterocycles. The SMILES string of the molecule is CCNc1ccc(C(=O)N[C@@H](C(=O)N2CC[C@](O)(c3ccc(Cl)cc3)C(C)(C)C2)C(C)C)cn1. The molecule has 3 rings (SSSR count). The van der Waals surface area contributed by atoms with Gasteiger partial charge in [0.15, 0.2) is 0 Å². The van der Waals surface area contributed by atoms with E-state index in [1.54, 1.807) is 29.2 Å². The van der Waals surface area contributed by atoms with Crippen molar-refractivity contribution in [1.82, 2.24) is 15.2 Å². The third kappa shape index (κ3) is 5.36. The van der Waals surface area contributed by atoms with Gasteiger partial charge in [-0.1, -0.05) is 51.4 Å². The number of likely N-dealkylation sites (tertiary alicyclic amines) is 1. The fraction of sp³-hybridized carbons (Fsp3) is 0.500. The summed E-state index contributed by atoms with van der Waals surface area (Å²) in [6.07, 6.45) is 1.90. The fourth-order valence-electron chi connectivity index (χ4n) is 4.52. The molecule has 1 aromatic heterocycles. The maximum absolute atomic E-state index is 13.5. The minimum Gasteiger partial charge on any atom is -0.384 e. The van der Waals surface area contributed by atoms with E-state index in [2.05, 4.69) is 15.6 Å². The number of benzene rings is 1. The predicted molar refractivity (Wildman–Crippen MR) is 135 cm³/mol. The van der Waals surface area contributed by atoms with Crippen LogP contribution in [0.2, 0.25) is 5.02 Å². The number of piperidine rings is 1. The monoisotopic (exact) mass is 486 g/mol. The van der Waals surface area contributed by atoms with Crippen molar-refractivity contribution in [1.29, 1.82) is 0 Å². The zero-order valence-electron chi connectivity index (χ0n) is 20.6. The molecule has 2 amide bonds. The molecule has 0 saturated carbocycles. The van der Waals surface area contributed by atoms with Crippen LogP contribution < -0.4 is 10.6 Å². The summed E-state index contributed by atoms with van der Waals surface area (Å²) in [5.41, 5.74) is -0.510. The van der Waals surface area contributed by atoms with E-state index in [1.165, 1.54) is 6.20 Å². The lowest BCUT2D eigenvalue weighted by atomic mass is 9.66. The first-order valence-corrected chi connectivity index (χ1v) is 12.1. The van der Waals surface area contributed by atoms with Crippen LogP contribution in [0.5, 0.6) is 0 Å². The smallest absolute Gasteiger partial charge is 0.253 e. The lowest BCUT2D eigenvalue weighted by Crippen LogP contribution is -2.60. The van der Waals surface area contributed by atoms with E-state index in [0.717, 1.165) is 12.1 Å². The molecule has 7 nitrogen and oxygen atoms in total. The number of pyridine rings is 1. The van der Waals surface area contributed by atoms with Gasteiger partial charge in [0.1, 0.15) is 11.9 Å². The van der Waals surface area contributed by atoms with E-state index in [-0.39, 0.29) is 17.7 Å². The first-order chi connectivity index (χ1) is 16.0. The summed E-state index contributed by atoms with van der Waals surface area (Å²) < 4.78 is 0. The minimum absolute atomic E-state index is 0.106. The molecule has 1 fully saturated rings. The maximum atomic E-state index is 13.5. The van der Waals surface area contributed by atoms with Crippen molar-refractivity contribution in [2.45, 2.75) is 52.7 Å². The van der Waals surface area contributed by atoms with Crippen LogP contribution in [0.25, 0.3) is 0 Å². The topological polar surface area (TPSA) is 94.6 Å². The Labute approximate surface area is 206 Å². The van der Waals surface area contributed by atoms with Gasteiger partial charge in [0.25, 0.3) is 5.91 Å². The Morgan fingerprint density at radius 1 is 1.18 bits per heavy atom. The molecule has 0 radical (unpaired) electrons. The van der Waals surface area contributed by atoms with Gasteiger partial charge in [-0.15, -0.1) is 0 Å². The van der Waals surface area contributed by atoms with Gasteiger partial charge in [-0.2, -0.15) is 0 Å². The summed E-state index contributed by atoms with van der Waals surface area (Å²) in [6.45, 7) is 11.2. The van der Waals surface area contributed by atoms with Crippen molar-refractivity contribution in [3.8, 4) is 0 Å². The van der Waals surface area contributed by atoms with E-state index in [1.807, 2.05) is 46.8 Å². The zero-order valence-corrected chi connectivity index (χ0v) is 21.3. The average Bonchev–Trinajstić information content (AvgIpc) is 2.79. The van der Waals surface area contributed by atoms with Crippen LogP contribution in [-0.2, 0) is 10.4 Å². The third-order valence-electron chi connectivity index (χ3n) is 6.69. The molecule has 1 aliphatic heterocycles. The molecule has 1 aliphatic rings. The quantitative estimate of drug-likeness (QED) is 0.548. The number of nitrogens with one attached hydrogen (secondary N) is 2. The van der Waals surface area contributed by atoms with Gasteiger partial charge in [-0.25, -0.2) is 4.98 Å². The highest BCUT2D eigenvalue weighted by Crippen LogP contribution is 2.46. The van der Waals surface area contributed by atoms with Crippen LogP contribution in [-0.4, -0.2) is 52.5 Å². The Balaban J connectivity index is 1.73. The number of halogens is 1. The summed E-state index contributed by atoms with van der Waals surface area (Å²) in [7, 11) is 0. The van der Waals surface area contributed by atoms with Crippen molar-refractivity contribution in [3.63, 3.8) is 0 Å². The van der Waals surface area contributed by atoms with E-state index in [0.29, 0.717) is 35.9 Å². The molecule has 0 bridgehead atoms. The standard InChI is InChI=1S/C26H35ClN4O3/c1-6-28-21-12-7-18(15-29-21)23(32)30-22(17(2)3)24(33)31-14-13-26(34,25(4,5)16-31)19-8-10-20(27)11-9-19/h7-12,15,17,22,34H,6,13-14,16H2,1-5H3,(H,28,29)(H,30,32)/t22-,26+/m1/s1. The van der Waals surface area contributed by atoms with Gasteiger partial charge in [0, 0.05) is 36.3 Å². The van der Waals surface area contributed by atoms with Crippen molar-refractivity contribution in [2.75, 3.05) is 25.0 Å². The maximum Gasteiger partial charge on any atom is 0.253 e. The minimum atomic E-state index is -1.09. The molecule has 2 atom stereocenters. The van der Waals surface area contributed by atoms with Crippen molar-refractivity contribution >= 4 is 29.2 Å². The Morgan fingerprint density at radius 2 is 1.85 bits per heavy atom. The number of amides is 2.